The fourth-order valence-electron chi connectivity index (χ4n) is 4.12. The number of fused-ring (bicyclic) bond motifs is 2. The third kappa shape index (κ3) is 3.34. The molecule has 4 aromatic rings. The fourth-order valence-corrected chi connectivity index (χ4v) is 4.12. The largest absolute Gasteiger partial charge is 0.487 e. The van der Waals surface area contributed by atoms with Gasteiger partial charge in [0, 0.05) is 42.6 Å². The van der Waals surface area contributed by atoms with Gasteiger partial charge in [-0.1, -0.05) is 18.2 Å². The molecule has 0 saturated heterocycles. The number of carbonyl (C=O) groups excluding carboxylic acids is 1. The molecule has 0 spiro atoms. The van der Waals surface area contributed by atoms with Crippen molar-refractivity contribution >= 4 is 11.6 Å². The van der Waals surface area contributed by atoms with Gasteiger partial charge in [-0.2, -0.15) is 10.2 Å². The highest BCUT2D eigenvalue weighted by atomic mass is 16.5. The number of nitrogens with zero attached hydrogens (tertiary/aromatic N) is 5. The van der Waals surface area contributed by atoms with Crippen LogP contribution >= 0.6 is 0 Å². The van der Waals surface area contributed by atoms with Gasteiger partial charge in [0.25, 0.3) is 5.91 Å². The summed E-state index contributed by atoms with van der Waals surface area (Å²) in [4.78, 5) is 17.5. The van der Waals surface area contributed by atoms with Crippen molar-refractivity contribution in [3.05, 3.63) is 65.7 Å². The minimum atomic E-state index is -0.377. The quantitative estimate of drug-likeness (QED) is 0.553. The second-order valence-electron chi connectivity index (χ2n) is 8.53. The van der Waals surface area contributed by atoms with Gasteiger partial charge in [-0.25, -0.2) is 9.50 Å². The van der Waals surface area contributed by atoms with Crippen LogP contribution in [0.5, 0.6) is 5.75 Å². The molecular weight excluding hydrogens is 392 g/mol. The zero-order valence-corrected chi connectivity index (χ0v) is 18.0. The van der Waals surface area contributed by atoms with E-state index in [9.17, 15) is 4.79 Å². The number of benzene rings is 1. The maximum absolute atomic E-state index is 13.2. The summed E-state index contributed by atoms with van der Waals surface area (Å²) < 4.78 is 9.58. The van der Waals surface area contributed by atoms with E-state index in [2.05, 4.69) is 20.5 Å². The van der Waals surface area contributed by atoms with Crippen molar-refractivity contribution in [1.82, 2.24) is 29.7 Å². The van der Waals surface area contributed by atoms with Crippen LogP contribution in [0.2, 0.25) is 0 Å². The highest BCUT2D eigenvalue weighted by molar-refractivity contribution is 5.93. The Morgan fingerprint density at radius 1 is 1.26 bits per heavy atom. The molecule has 1 aromatic carbocycles. The molecule has 0 bridgehead atoms. The van der Waals surface area contributed by atoms with Crippen molar-refractivity contribution in [2.45, 2.75) is 38.8 Å². The molecule has 4 heterocycles. The summed E-state index contributed by atoms with van der Waals surface area (Å²) >= 11 is 0. The first-order chi connectivity index (χ1) is 14.8. The van der Waals surface area contributed by atoms with Crippen molar-refractivity contribution in [3.63, 3.8) is 0 Å². The van der Waals surface area contributed by atoms with Crippen molar-refractivity contribution < 1.29 is 9.53 Å². The third-order valence-corrected chi connectivity index (χ3v) is 5.78. The molecular formula is C23H24N6O2. The van der Waals surface area contributed by atoms with Crippen LogP contribution in [0.3, 0.4) is 0 Å². The number of hydrogen-bond acceptors (Lipinski definition) is 5. The molecule has 3 aromatic heterocycles. The molecule has 0 saturated carbocycles. The van der Waals surface area contributed by atoms with Gasteiger partial charge in [0.05, 0.1) is 17.9 Å². The number of rotatable bonds is 3. The van der Waals surface area contributed by atoms with Crippen LogP contribution in [-0.2, 0) is 7.05 Å². The Kier molecular flexibility index (Phi) is 4.32. The average molecular weight is 416 g/mol. The van der Waals surface area contributed by atoms with E-state index < -0.39 is 0 Å². The molecule has 31 heavy (non-hydrogen) atoms. The van der Waals surface area contributed by atoms with Crippen LogP contribution in [-0.4, -0.2) is 35.9 Å². The normalized spacial score (nSPS) is 17.2. The van der Waals surface area contributed by atoms with Crippen LogP contribution in [0.15, 0.2) is 48.8 Å². The predicted octanol–water partition coefficient (Wildman–Crippen LogP) is 3.47. The van der Waals surface area contributed by atoms with Crippen LogP contribution in [0, 0.1) is 6.92 Å². The monoisotopic (exact) mass is 416 g/mol. The maximum Gasteiger partial charge on any atom is 0.272 e. The highest BCUT2D eigenvalue weighted by Crippen LogP contribution is 2.39. The van der Waals surface area contributed by atoms with Crippen LogP contribution < -0.4 is 10.1 Å². The molecule has 1 aliphatic rings. The Bertz CT molecular complexity index is 1300. The molecule has 1 N–H and O–H groups in total. The third-order valence-electron chi connectivity index (χ3n) is 5.78. The van der Waals surface area contributed by atoms with Gasteiger partial charge in [-0.15, -0.1) is 0 Å². The summed E-state index contributed by atoms with van der Waals surface area (Å²) in [5, 5.41) is 12.0. The van der Waals surface area contributed by atoms with E-state index >= 15 is 0 Å². The standard InChI is InChI=1S/C23H24N6O2/c1-14-16(13-25-28(14)4)19-9-10-24-21-11-17(27-29(19)21)22(30)26-18-12-23(2,3)31-20-8-6-5-7-15(18)20/h5-11,13,18H,12H2,1-4H3,(H,26,30)/t18-/m0/s1. The summed E-state index contributed by atoms with van der Waals surface area (Å²) in [6, 6.07) is 11.2. The van der Waals surface area contributed by atoms with Crippen LogP contribution in [0.1, 0.15) is 48.1 Å². The minimum absolute atomic E-state index is 0.162. The van der Waals surface area contributed by atoms with Gasteiger partial charge in [0.15, 0.2) is 11.3 Å². The lowest BCUT2D eigenvalue weighted by Gasteiger charge is -2.37. The van der Waals surface area contributed by atoms with Gasteiger partial charge in [-0.3, -0.25) is 9.48 Å². The smallest absolute Gasteiger partial charge is 0.272 e. The first kappa shape index (κ1) is 19.3. The Hall–Kier alpha value is -3.68. The highest BCUT2D eigenvalue weighted by Gasteiger charge is 2.34. The summed E-state index contributed by atoms with van der Waals surface area (Å²) in [6.45, 7) is 6.05. The first-order valence-electron chi connectivity index (χ1n) is 10.2. The Morgan fingerprint density at radius 2 is 2.06 bits per heavy atom. The summed E-state index contributed by atoms with van der Waals surface area (Å²) in [7, 11) is 1.90. The number of para-hydroxylation sites is 1. The summed E-state index contributed by atoms with van der Waals surface area (Å²) in [5.74, 6) is 0.562. The number of nitrogens with one attached hydrogen (secondary N) is 1. The molecule has 1 atom stereocenters. The van der Waals surface area contributed by atoms with Crippen LogP contribution in [0.25, 0.3) is 16.9 Å². The molecule has 0 aliphatic carbocycles. The summed E-state index contributed by atoms with van der Waals surface area (Å²) in [5.41, 5.74) is 4.33. The molecule has 1 aliphatic heterocycles. The lowest BCUT2D eigenvalue weighted by Crippen LogP contribution is -2.41. The number of carbonyl (C=O) groups is 1. The Morgan fingerprint density at radius 3 is 2.84 bits per heavy atom. The SMILES string of the molecule is Cc1c(-c2ccnc3cc(C(=O)N[C@H]4CC(C)(C)Oc5ccccc54)nn23)cnn1C. The molecule has 0 fully saturated rings. The van der Waals surface area contributed by atoms with Crippen LogP contribution in [0.4, 0.5) is 0 Å². The van der Waals surface area contributed by atoms with E-state index in [1.54, 1.807) is 23.0 Å². The van der Waals surface area contributed by atoms with Gasteiger partial charge in [-0.05, 0) is 32.9 Å². The van der Waals surface area contributed by atoms with Gasteiger partial charge >= 0.3 is 0 Å². The van der Waals surface area contributed by atoms with E-state index in [1.165, 1.54) is 0 Å². The number of aryl methyl sites for hydroxylation is 1. The summed E-state index contributed by atoms with van der Waals surface area (Å²) in [6.07, 6.45) is 4.19. The van der Waals surface area contributed by atoms with Gasteiger partial charge in [0.1, 0.15) is 11.4 Å². The molecule has 8 heteroatoms. The number of amides is 1. The fraction of sp³-hybridized carbons (Fsp3) is 0.304. The van der Waals surface area contributed by atoms with Crippen molar-refractivity contribution in [2.24, 2.45) is 7.05 Å². The van der Waals surface area contributed by atoms with E-state index in [4.69, 9.17) is 4.74 Å². The van der Waals surface area contributed by atoms with Crippen molar-refractivity contribution in [1.29, 1.82) is 0 Å². The topological polar surface area (TPSA) is 86.3 Å². The van der Waals surface area contributed by atoms with Crippen molar-refractivity contribution in [3.8, 4) is 17.0 Å². The van der Waals surface area contributed by atoms with E-state index in [1.807, 2.05) is 62.8 Å². The lowest BCUT2D eigenvalue weighted by atomic mass is 9.89. The van der Waals surface area contributed by atoms with E-state index in [0.29, 0.717) is 17.8 Å². The number of aromatic nitrogens is 5. The van der Waals surface area contributed by atoms with E-state index in [-0.39, 0.29) is 17.6 Å². The van der Waals surface area contributed by atoms with E-state index in [0.717, 1.165) is 28.3 Å². The maximum atomic E-state index is 13.2. The zero-order valence-electron chi connectivity index (χ0n) is 18.0. The molecule has 0 radical (unpaired) electrons. The molecule has 158 valence electrons. The van der Waals surface area contributed by atoms with Gasteiger partial charge < -0.3 is 10.1 Å². The second-order valence-corrected chi connectivity index (χ2v) is 8.53. The molecule has 8 nitrogen and oxygen atoms in total. The predicted molar refractivity (Wildman–Crippen MR) is 116 cm³/mol. The van der Waals surface area contributed by atoms with Gasteiger partial charge in [0.2, 0.25) is 0 Å². The lowest BCUT2D eigenvalue weighted by molar-refractivity contribution is 0.0618. The minimum Gasteiger partial charge on any atom is -0.487 e. The first-order valence-corrected chi connectivity index (χ1v) is 10.2. The Balaban J connectivity index is 1.49. The molecule has 5 rings (SSSR count). The second kappa shape index (κ2) is 6.94. The molecule has 0 unspecified atom stereocenters. The zero-order chi connectivity index (χ0) is 21.8. The number of hydrogen-bond donors (Lipinski definition) is 1. The van der Waals surface area contributed by atoms with Crippen molar-refractivity contribution in [2.75, 3.05) is 0 Å². The molecule has 1 amide bonds. The average Bonchev–Trinajstić information content (AvgIpc) is 3.31. The number of ether oxygens (including phenoxy) is 1. The Labute approximate surface area is 179 Å².